The first-order valence-electron chi connectivity index (χ1n) is 12.9. The molecule has 0 aliphatic carbocycles. The van der Waals surface area contributed by atoms with Gasteiger partial charge in [0.25, 0.3) is 0 Å². The highest BCUT2D eigenvalue weighted by atomic mass is 16.6. The lowest BCUT2D eigenvalue weighted by Crippen LogP contribution is -2.44. The van der Waals surface area contributed by atoms with Crippen LogP contribution in [0.15, 0.2) is 48.5 Å². The normalized spacial score (nSPS) is 25.3. The third-order valence-corrected chi connectivity index (χ3v) is 7.84. The zero-order valence-corrected chi connectivity index (χ0v) is 21.2. The van der Waals surface area contributed by atoms with Gasteiger partial charge in [0.1, 0.15) is 11.9 Å². The maximum Gasteiger partial charge on any atom is 0.408 e. The summed E-state index contributed by atoms with van der Waals surface area (Å²) < 4.78 is 17.2. The van der Waals surface area contributed by atoms with E-state index in [1.165, 1.54) is 0 Å². The van der Waals surface area contributed by atoms with Gasteiger partial charge in [-0.3, -0.25) is 0 Å². The minimum Gasteiger partial charge on any atom is -0.493 e. The van der Waals surface area contributed by atoms with E-state index in [2.05, 4.69) is 53.5 Å². The maximum atomic E-state index is 12.8. The second-order valence-corrected chi connectivity index (χ2v) is 11.4. The molecule has 4 aliphatic heterocycles. The van der Waals surface area contributed by atoms with Crippen LogP contribution in [0.3, 0.4) is 0 Å². The van der Waals surface area contributed by atoms with Gasteiger partial charge in [0.15, 0.2) is 0 Å². The summed E-state index contributed by atoms with van der Waals surface area (Å²) in [5.41, 5.74) is 2.91. The van der Waals surface area contributed by atoms with Gasteiger partial charge in [0.2, 0.25) is 0 Å². The quantitative estimate of drug-likeness (QED) is 0.592. The van der Waals surface area contributed by atoms with Gasteiger partial charge in [0.05, 0.1) is 25.4 Å². The lowest BCUT2D eigenvalue weighted by atomic mass is 9.90. The summed E-state index contributed by atoms with van der Waals surface area (Å²) in [5.74, 6) is 1.37. The van der Waals surface area contributed by atoms with Crippen molar-refractivity contribution in [1.29, 1.82) is 0 Å². The van der Waals surface area contributed by atoms with Crippen LogP contribution in [0.1, 0.15) is 45.6 Å². The molecule has 4 saturated heterocycles. The lowest BCUT2D eigenvalue weighted by molar-refractivity contribution is -0.120. The van der Waals surface area contributed by atoms with Gasteiger partial charge in [-0.15, -0.1) is 0 Å². The molecular formula is C29H38N2O4. The smallest absolute Gasteiger partial charge is 0.408 e. The van der Waals surface area contributed by atoms with E-state index in [9.17, 15) is 4.79 Å². The first kappa shape index (κ1) is 24.1. The van der Waals surface area contributed by atoms with E-state index in [0.717, 1.165) is 74.6 Å². The Morgan fingerprint density at radius 1 is 1.00 bits per heavy atom. The molecule has 1 N–H and O–H groups in total. The molecule has 6 heteroatoms. The highest BCUT2D eigenvalue weighted by Crippen LogP contribution is 2.31. The summed E-state index contributed by atoms with van der Waals surface area (Å²) in [6.45, 7) is 11.7. The van der Waals surface area contributed by atoms with Gasteiger partial charge < -0.3 is 24.4 Å². The number of hydrogen-bond donors (Lipinski definition) is 1. The lowest BCUT2D eigenvalue weighted by Gasteiger charge is -2.37. The van der Waals surface area contributed by atoms with E-state index in [0.29, 0.717) is 12.5 Å². The van der Waals surface area contributed by atoms with Crippen LogP contribution in [0.4, 0.5) is 4.79 Å². The number of rotatable bonds is 7. The summed E-state index contributed by atoms with van der Waals surface area (Å²) >= 11 is 0. The van der Waals surface area contributed by atoms with Crippen molar-refractivity contribution in [3.8, 4) is 16.9 Å². The monoisotopic (exact) mass is 478 g/mol. The number of piperidine rings is 1. The van der Waals surface area contributed by atoms with E-state index < -0.39 is 5.54 Å². The molecule has 2 aromatic carbocycles. The minimum atomic E-state index is -0.527. The molecule has 4 aliphatic rings. The number of fused-ring (bicyclic) bond motifs is 4. The SMILES string of the molecule is CC1(COc2ccc(-c3ccc(C(C)(C)NC(=O)OC4CCN5CCC4CC5)cc3)cc2)COC1. The number of amides is 1. The molecule has 2 aromatic rings. The third-order valence-electron chi connectivity index (χ3n) is 7.84. The largest absolute Gasteiger partial charge is 0.493 e. The van der Waals surface area contributed by atoms with Crippen LogP contribution < -0.4 is 10.1 Å². The number of alkyl carbamates (subject to hydrolysis) is 1. The summed E-state index contributed by atoms with van der Waals surface area (Å²) in [6.07, 6.45) is 2.90. The fourth-order valence-electron chi connectivity index (χ4n) is 5.36. The molecule has 1 amide bonds. The zero-order valence-electron chi connectivity index (χ0n) is 21.2. The second kappa shape index (κ2) is 9.82. The van der Waals surface area contributed by atoms with Crippen LogP contribution >= 0.6 is 0 Å². The highest BCUT2D eigenvalue weighted by molar-refractivity contribution is 5.69. The molecular weight excluding hydrogens is 440 g/mol. The molecule has 4 fully saturated rings. The van der Waals surface area contributed by atoms with Crippen LogP contribution in [-0.2, 0) is 15.0 Å². The van der Waals surface area contributed by atoms with Crippen molar-refractivity contribution in [3.05, 3.63) is 54.1 Å². The Balaban J connectivity index is 1.17. The Bertz CT molecular complexity index is 1010. The number of benzene rings is 2. The van der Waals surface area contributed by atoms with Gasteiger partial charge in [-0.2, -0.15) is 0 Å². The first-order chi connectivity index (χ1) is 16.8. The first-order valence-corrected chi connectivity index (χ1v) is 12.9. The second-order valence-electron chi connectivity index (χ2n) is 11.4. The van der Waals surface area contributed by atoms with Crippen molar-refractivity contribution in [1.82, 2.24) is 10.2 Å². The molecule has 1 unspecified atom stereocenters. The topological polar surface area (TPSA) is 60.0 Å². The Hall–Kier alpha value is -2.57. The molecule has 35 heavy (non-hydrogen) atoms. The molecule has 2 bridgehead atoms. The zero-order chi connectivity index (χ0) is 24.5. The summed E-state index contributed by atoms with van der Waals surface area (Å²) in [7, 11) is 0. The Labute approximate surface area is 208 Å². The van der Waals surface area contributed by atoms with Crippen molar-refractivity contribution >= 4 is 6.09 Å². The van der Waals surface area contributed by atoms with E-state index in [1.54, 1.807) is 0 Å². The fraction of sp³-hybridized carbons (Fsp3) is 0.552. The third kappa shape index (κ3) is 5.65. The average Bonchev–Trinajstić information content (AvgIpc) is 3.15. The van der Waals surface area contributed by atoms with Crippen molar-refractivity contribution in [2.75, 3.05) is 39.5 Å². The molecule has 0 radical (unpaired) electrons. The molecule has 0 spiro atoms. The van der Waals surface area contributed by atoms with Crippen molar-refractivity contribution < 1.29 is 19.0 Å². The van der Waals surface area contributed by atoms with Crippen LogP contribution in [0.25, 0.3) is 11.1 Å². The Morgan fingerprint density at radius 2 is 1.60 bits per heavy atom. The van der Waals surface area contributed by atoms with Gasteiger partial charge in [-0.25, -0.2) is 4.79 Å². The van der Waals surface area contributed by atoms with Crippen LogP contribution in [0.5, 0.6) is 5.75 Å². The molecule has 0 saturated carbocycles. The number of ether oxygens (including phenoxy) is 3. The van der Waals surface area contributed by atoms with E-state index in [1.807, 2.05) is 26.0 Å². The molecule has 188 valence electrons. The van der Waals surface area contributed by atoms with Gasteiger partial charge in [-0.05, 0) is 80.9 Å². The highest BCUT2D eigenvalue weighted by Gasteiger charge is 2.35. The predicted octanol–water partition coefficient (Wildman–Crippen LogP) is 5.21. The van der Waals surface area contributed by atoms with Gasteiger partial charge >= 0.3 is 6.09 Å². The standard InChI is InChI=1S/C29H38N2O4/c1-28(2,30-27(32)35-26-14-17-31-15-12-23(26)13-16-31)24-8-4-21(5-9-24)22-6-10-25(11-7-22)34-20-29(3)18-33-19-29/h4-11,23,26H,12-20H2,1-3H3,(H,30,32). The summed E-state index contributed by atoms with van der Waals surface area (Å²) in [6, 6.07) is 16.6. The van der Waals surface area contributed by atoms with Crippen LogP contribution in [0.2, 0.25) is 0 Å². The Morgan fingerprint density at radius 3 is 2.20 bits per heavy atom. The molecule has 6 nitrogen and oxygen atoms in total. The molecule has 0 aromatic heterocycles. The van der Waals surface area contributed by atoms with Crippen molar-refractivity contribution in [2.45, 2.75) is 51.7 Å². The van der Waals surface area contributed by atoms with Crippen molar-refractivity contribution in [3.63, 3.8) is 0 Å². The predicted molar refractivity (Wildman–Crippen MR) is 137 cm³/mol. The summed E-state index contributed by atoms with van der Waals surface area (Å²) in [4.78, 5) is 15.3. The summed E-state index contributed by atoms with van der Waals surface area (Å²) in [5, 5.41) is 3.10. The number of carbonyl (C=O) groups excluding carboxylic acids is 1. The number of nitrogens with one attached hydrogen (secondary N) is 1. The molecule has 4 heterocycles. The van der Waals surface area contributed by atoms with Crippen molar-refractivity contribution in [2.24, 2.45) is 11.3 Å². The fourth-order valence-corrected chi connectivity index (χ4v) is 5.36. The van der Waals surface area contributed by atoms with Crippen LogP contribution in [-0.4, -0.2) is 56.6 Å². The van der Waals surface area contributed by atoms with E-state index >= 15 is 0 Å². The molecule has 6 rings (SSSR count). The number of carbonyl (C=O) groups is 1. The van der Waals surface area contributed by atoms with E-state index in [-0.39, 0.29) is 17.6 Å². The van der Waals surface area contributed by atoms with Gasteiger partial charge in [0, 0.05) is 12.0 Å². The average molecular weight is 479 g/mol. The van der Waals surface area contributed by atoms with E-state index in [4.69, 9.17) is 14.2 Å². The number of nitrogens with zero attached hydrogens (tertiary/aromatic N) is 1. The minimum absolute atomic E-state index is 0.0255. The maximum absolute atomic E-state index is 12.8. The van der Waals surface area contributed by atoms with Gasteiger partial charge in [-0.1, -0.05) is 43.3 Å². The van der Waals surface area contributed by atoms with Crippen LogP contribution in [0, 0.1) is 11.3 Å². The Kier molecular flexibility index (Phi) is 6.78. The molecule has 1 atom stereocenters. The number of hydrogen-bond acceptors (Lipinski definition) is 5.